The lowest BCUT2D eigenvalue weighted by Gasteiger charge is -2.10. The van der Waals surface area contributed by atoms with Crippen molar-refractivity contribution in [3.63, 3.8) is 0 Å². The third-order valence-electron chi connectivity index (χ3n) is 2.80. The van der Waals surface area contributed by atoms with Gasteiger partial charge >= 0.3 is 0 Å². The van der Waals surface area contributed by atoms with E-state index in [4.69, 9.17) is 0 Å². The van der Waals surface area contributed by atoms with Gasteiger partial charge in [-0.2, -0.15) is 0 Å². The summed E-state index contributed by atoms with van der Waals surface area (Å²) in [5.74, 6) is 0. The fourth-order valence-corrected chi connectivity index (χ4v) is 2.60. The second kappa shape index (κ2) is 6.57. The zero-order valence-electron chi connectivity index (χ0n) is 11.2. The van der Waals surface area contributed by atoms with Crippen LogP contribution in [0.3, 0.4) is 0 Å². The van der Waals surface area contributed by atoms with Gasteiger partial charge in [-0.3, -0.25) is 10.1 Å². The first-order valence-corrected chi connectivity index (χ1v) is 7.06. The first kappa shape index (κ1) is 15.3. The molecule has 0 spiro atoms. The minimum absolute atomic E-state index is 0.212. The second-order valence-electron chi connectivity index (χ2n) is 4.39. The van der Waals surface area contributed by atoms with Crippen LogP contribution in [0.2, 0.25) is 0 Å². The number of nitro groups is 1. The van der Waals surface area contributed by atoms with Crippen molar-refractivity contribution in [2.75, 3.05) is 11.9 Å². The molecular formula is C13H13F2N3O2S. The Morgan fingerprint density at radius 2 is 2.24 bits per heavy atom. The number of rotatable bonds is 6. The third-order valence-corrected chi connectivity index (χ3v) is 3.83. The normalized spacial score (nSPS) is 10.9. The summed E-state index contributed by atoms with van der Waals surface area (Å²) in [5.41, 5.74) is 0.438. The van der Waals surface area contributed by atoms with Gasteiger partial charge in [0.2, 0.25) is 0 Å². The topological polar surface area (TPSA) is 68.1 Å². The van der Waals surface area contributed by atoms with E-state index in [1.165, 1.54) is 23.5 Å². The number of hydrogen-bond acceptors (Lipinski definition) is 5. The molecule has 0 atom stereocenters. The van der Waals surface area contributed by atoms with Crippen LogP contribution < -0.4 is 5.32 Å². The molecule has 0 unspecified atom stereocenters. The van der Waals surface area contributed by atoms with E-state index in [0.29, 0.717) is 13.0 Å². The number of halogens is 2. The summed E-state index contributed by atoms with van der Waals surface area (Å²) in [5, 5.41) is 16.3. The molecule has 0 bridgehead atoms. The number of alkyl halides is 2. The van der Waals surface area contributed by atoms with Crippen LogP contribution >= 0.6 is 11.3 Å². The maximum atomic E-state index is 13.0. The molecule has 1 aromatic heterocycles. The van der Waals surface area contributed by atoms with Crippen LogP contribution in [0.4, 0.5) is 20.2 Å². The van der Waals surface area contributed by atoms with E-state index in [0.717, 1.165) is 16.8 Å². The van der Waals surface area contributed by atoms with Gasteiger partial charge in [0.05, 0.1) is 9.93 Å². The van der Waals surface area contributed by atoms with Gasteiger partial charge in [-0.05, 0) is 13.0 Å². The first-order chi connectivity index (χ1) is 9.97. The molecule has 0 aliphatic rings. The Kier molecular flexibility index (Phi) is 4.79. The van der Waals surface area contributed by atoms with E-state index in [9.17, 15) is 18.9 Å². The molecule has 112 valence electrons. The van der Waals surface area contributed by atoms with Crippen molar-refractivity contribution in [2.45, 2.75) is 19.8 Å². The van der Waals surface area contributed by atoms with Crippen molar-refractivity contribution in [1.82, 2.24) is 4.98 Å². The number of benzene rings is 1. The Balaban J connectivity index is 2.06. The Labute approximate surface area is 123 Å². The number of non-ortho nitro benzene ring substituents is 1. The van der Waals surface area contributed by atoms with Crippen molar-refractivity contribution in [3.8, 4) is 0 Å². The molecule has 2 aromatic rings. The highest BCUT2D eigenvalue weighted by Crippen LogP contribution is 2.30. The van der Waals surface area contributed by atoms with E-state index in [1.807, 2.05) is 12.3 Å². The molecule has 1 heterocycles. The molecule has 0 amide bonds. The quantitative estimate of drug-likeness (QED) is 0.647. The number of nitro benzene ring substituents is 1. The number of hydrogen-bond donors (Lipinski definition) is 1. The van der Waals surface area contributed by atoms with Crippen molar-refractivity contribution in [2.24, 2.45) is 0 Å². The van der Waals surface area contributed by atoms with Gasteiger partial charge in [-0.15, -0.1) is 11.3 Å². The fraction of sp³-hybridized carbons (Fsp3) is 0.308. The van der Waals surface area contributed by atoms with Crippen LogP contribution in [-0.4, -0.2) is 16.5 Å². The van der Waals surface area contributed by atoms with Crippen LogP contribution in [0.5, 0.6) is 0 Å². The SMILES string of the molecule is Cc1csc(CCNc2ccc([N+](=O)[O-])cc2C(F)F)n1. The number of thiazole rings is 1. The molecule has 2 rings (SSSR count). The molecule has 0 aliphatic heterocycles. The van der Waals surface area contributed by atoms with Crippen LogP contribution in [0.15, 0.2) is 23.6 Å². The van der Waals surface area contributed by atoms with Crippen molar-refractivity contribution < 1.29 is 13.7 Å². The van der Waals surface area contributed by atoms with E-state index in [1.54, 1.807) is 0 Å². The average Bonchev–Trinajstić information content (AvgIpc) is 2.84. The van der Waals surface area contributed by atoms with E-state index in [-0.39, 0.29) is 16.9 Å². The summed E-state index contributed by atoms with van der Waals surface area (Å²) < 4.78 is 25.9. The van der Waals surface area contributed by atoms with Crippen LogP contribution in [0.25, 0.3) is 0 Å². The Bertz CT molecular complexity index is 646. The van der Waals surface area contributed by atoms with Gasteiger partial charge in [-0.25, -0.2) is 13.8 Å². The Morgan fingerprint density at radius 1 is 1.48 bits per heavy atom. The van der Waals surface area contributed by atoms with Crippen molar-refractivity contribution >= 4 is 22.7 Å². The van der Waals surface area contributed by atoms with Gasteiger partial charge in [0, 0.05) is 47.4 Å². The summed E-state index contributed by atoms with van der Waals surface area (Å²) in [6.07, 6.45) is -2.16. The molecule has 8 heteroatoms. The fourth-order valence-electron chi connectivity index (χ4n) is 1.83. The predicted molar refractivity (Wildman–Crippen MR) is 77.1 cm³/mol. The van der Waals surface area contributed by atoms with Gasteiger partial charge < -0.3 is 5.32 Å². The standard InChI is InChI=1S/C13H13F2N3O2S/c1-8-7-21-12(17-8)4-5-16-11-3-2-9(18(19)20)6-10(11)13(14)15/h2-3,6-7,13,16H,4-5H2,1H3. The maximum absolute atomic E-state index is 13.0. The molecule has 1 aromatic carbocycles. The molecule has 0 radical (unpaired) electrons. The molecule has 1 N–H and O–H groups in total. The van der Waals surface area contributed by atoms with Gasteiger partial charge in [0.15, 0.2) is 0 Å². The zero-order valence-corrected chi connectivity index (χ0v) is 12.0. The predicted octanol–water partition coefficient (Wildman–Crippen LogP) is 3.95. The van der Waals surface area contributed by atoms with Crippen LogP contribution in [-0.2, 0) is 6.42 Å². The highest BCUT2D eigenvalue weighted by Gasteiger charge is 2.17. The van der Waals surface area contributed by atoms with E-state index >= 15 is 0 Å². The monoisotopic (exact) mass is 313 g/mol. The number of nitrogens with zero attached hydrogens (tertiary/aromatic N) is 2. The number of aryl methyl sites for hydroxylation is 1. The lowest BCUT2D eigenvalue weighted by Crippen LogP contribution is -2.07. The molecule has 0 aliphatic carbocycles. The minimum Gasteiger partial charge on any atom is -0.384 e. The third kappa shape index (κ3) is 3.94. The van der Waals surface area contributed by atoms with Crippen molar-refractivity contribution in [3.05, 3.63) is 50.0 Å². The summed E-state index contributed by atoms with van der Waals surface area (Å²) >= 11 is 1.51. The minimum atomic E-state index is -2.77. The van der Waals surface area contributed by atoms with Gasteiger partial charge in [-0.1, -0.05) is 0 Å². The summed E-state index contributed by atoms with van der Waals surface area (Å²) in [6.45, 7) is 2.32. The molecule has 0 fully saturated rings. The lowest BCUT2D eigenvalue weighted by atomic mass is 10.1. The maximum Gasteiger partial charge on any atom is 0.270 e. The Hall–Kier alpha value is -2.09. The molecule has 21 heavy (non-hydrogen) atoms. The molecular weight excluding hydrogens is 300 g/mol. The van der Waals surface area contributed by atoms with Crippen LogP contribution in [0.1, 0.15) is 22.7 Å². The summed E-state index contributed by atoms with van der Waals surface area (Å²) in [7, 11) is 0. The van der Waals surface area contributed by atoms with Crippen molar-refractivity contribution in [1.29, 1.82) is 0 Å². The average molecular weight is 313 g/mol. The highest BCUT2D eigenvalue weighted by molar-refractivity contribution is 7.09. The molecule has 0 saturated carbocycles. The summed E-state index contributed by atoms with van der Waals surface area (Å²) in [4.78, 5) is 14.2. The van der Waals surface area contributed by atoms with E-state index < -0.39 is 11.3 Å². The van der Waals surface area contributed by atoms with E-state index in [2.05, 4.69) is 10.3 Å². The number of nitrogens with one attached hydrogen (secondary N) is 1. The first-order valence-electron chi connectivity index (χ1n) is 6.18. The highest BCUT2D eigenvalue weighted by atomic mass is 32.1. The zero-order chi connectivity index (χ0) is 15.4. The van der Waals surface area contributed by atoms with Gasteiger partial charge in [0.25, 0.3) is 12.1 Å². The lowest BCUT2D eigenvalue weighted by molar-refractivity contribution is -0.385. The summed E-state index contributed by atoms with van der Waals surface area (Å²) in [6, 6.07) is 3.43. The smallest absolute Gasteiger partial charge is 0.270 e. The largest absolute Gasteiger partial charge is 0.384 e. The second-order valence-corrected chi connectivity index (χ2v) is 5.33. The number of aromatic nitrogens is 1. The molecule has 5 nitrogen and oxygen atoms in total. The van der Waals surface area contributed by atoms with Crippen LogP contribution in [0, 0.1) is 17.0 Å². The molecule has 0 saturated heterocycles. The van der Waals surface area contributed by atoms with Gasteiger partial charge in [0.1, 0.15) is 0 Å². The Morgan fingerprint density at radius 3 is 2.81 bits per heavy atom. The number of anilines is 1.